The lowest BCUT2D eigenvalue weighted by Crippen LogP contribution is -2.45. The van der Waals surface area contributed by atoms with Gasteiger partial charge in [-0.25, -0.2) is 0 Å². The quantitative estimate of drug-likeness (QED) is 0.694. The zero-order valence-electron chi connectivity index (χ0n) is 14.4. The number of thiophene rings is 1. The Labute approximate surface area is 156 Å². The molecule has 0 fully saturated rings. The van der Waals surface area contributed by atoms with Crippen LogP contribution in [-0.4, -0.2) is 17.9 Å². The van der Waals surface area contributed by atoms with Gasteiger partial charge in [0.15, 0.2) is 0 Å². The van der Waals surface area contributed by atoms with E-state index in [1.165, 1.54) is 11.3 Å². The number of benzene rings is 2. The SMILES string of the molecule is Cc1cccc(NC(=O)C(Cc2ccccc2)NC(=O)c2cccs2)c1. The molecule has 3 rings (SSSR count). The van der Waals surface area contributed by atoms with Crippen LogP contribution in [0.5, 0.6) is 0 Å². The molecular formula is C21H20N2O2S. The van der Waals surface area contributed by atoms with Gasteiger partial charge in [-0.1, -0.05) is 48.5 Å². The molecule has 0 saturated heterocycles. The van der Waals surface area contributed by atoms with Gasteiger partial charge in [-0.05, 0) is 41.6 Å². The standard InChI is InChI=1S/C21H20N2O2S/c1-15-7-5-10-17(13-15)22-20(24)18(14-16-8-3-2-4-9-16)23-21(25)19-11-6-12-26-19/h2-13,18H,14H2,1H3,(H,22,24)(H,23,25). The molecule has 3 aromatic rings. The van der Waals surface area contributed by atoms with Gasteiger partial charge in [0.25, 0.3) is 5.91 Å². The zero-order chi connectivity index (χ0) is 18.4. The van der Waals surface area contributed by atoms with Gasteiger partial charge < -0.3 is 10.6 Å². The smallest absolute Gasteiger partial charge is 0.262 e. The molecule has 2 N–H and O–H groups in total. The third kappa shape index (κ3) is 4.80. The minimum atomic E-state index is -0.660. The number of carbonyl (C=O) groups excluding carboxylic acids is 2. The van der Waals surface area contributed by atoms with Crippen LogP contribution in [0, 0.1) is 6.92 Å². The predicted octanol–water partition coefficient (Wildman–Crippen LogP) is 4.04. The number of amides is 2. The molecule has 2 aromatic carbocycles. The van der Waals surface area contributed by atoms with Crippen LogP contribution in [0.15, 0.2) is 72.1 Å². The lowest BCUT2D eigenvalue weighted by Gasteiger charge is -2.18. The maximum Gasteiger partial charge on any atom is 0.262 e. The van der Waals surface area contributed by atoms with Gasteiger partial charge in [0.2, 0.25) is 5.91 Å². The Kier molecular flexibility index (Phi) is 5.81. The van der Waals surface area contributed by atoms with E-state index in [1.54, 1.807) is 6.07 Å². The van der Waals surface area contributed by atoms with Crippen molar-refractivity contribution in [3.63, 3.8) is 0 Å². The molecule has 1 unspecified atom stereocenters. The maximum atomic E-state index is 12.8. The summed E-state index contributed by atoms with van der Waals surface area (Å²) in [5.41, 5.74) is 2.77. The molecule has 2 amide bonds. The molecule has 0 aliphatic heterocycles. The number of aryl methyl sites for hydroxylation is 1. The van der Waals surface area contributed by atoms with Gasteiger partial charge in [0, 0.05) is 12.1 Å². The summed E-state index contributed by atoms with van der Waals surface area (Å²) in [6.45, 7) is 1.97. The Morgan fingerprint density at radius 3 is 2.50 bits per heavy atom. The predicted molar refractivity (Wildman–Crippen MR) is 106 cm³/mol. The minimum absolute atomic E-state index is 0.232. The zero-order valence-corrected chi connectivity index (χ0v) is 15.3. The van der Waals surface area contributed by atoms with Gasteiger partial charge in [-0.15, -0.1) is 11.3 Å². The molecule has 1 heterocycles. The average molecular weight is 364 g/mol. The van der Waals surface area contributed by atoms with Crippen LogP contribution in [0.1, 0.15) is 20.8 Å². The van der Waals surface area contributed by atoms with E-state index in [0.29, 0.717) is 11.3 Å². The van der Waals surface area contributed by atoms with Crippen LogP contribution in [-0.2, 0) is 11.2 Å². The van der Waals surface area contributed by atoms with Crippen LogP contribution in [0.3, 0.4) is 0 Å². The molecule has 1 aromatic heterocycles. The highest BCUT2D eigenvalue weighted by molar-refractivity contribution is 7.12. The fourth-order valence-corrected chi connectivity index (χ4v) is 3.28. The van der Waals surface area contributed by atoms with Crippen molar-refractivity contribution in [2.45, 2.75) is 19.4 Å². The van der Waals surface area contributed by atoms with E-state index in [0.717, 1.165) is 16.8 Å². The summed E-state index contributed by atoms with van der Waals surface area (Å²) in [6, 6.07) is 20.2. The number of hydrogen-bond acceptors (Lipinski definition) is 3. The molecule has 26 heavy (non-hydrogen) atoms. The lowest BCUT2D eigenvalue weighted by molar-refractivity contribution is -0.118. The first kappa shape index (κ1) is 17.9. The third-order valence-corrected chi connectivity index (χ3v) is 4.80. The van der Waals surface area contributed by atoms with Crippen molar-refractivity contribution in [3.05, 3.63) is 88.1 Å². The summed E-state index contributed by atoms with van der Waals surface area (Å²) in [5.74, 6) is -0.468. The van der Waals surface area contributed by atoms with Crippen molar-refractivity contribution in [3.8, 4) is 0 Å². The Balaban J connectivity index is 1.77. The minimum Gasteiger partial charge on any atom is -0.339 e. The second-order valence-corrected chi connectivity index (χ2v) is 7.00. The first-order valence-corrected chi connectivity index (χ1v) is 9.25. The Morgan fingerprint density at radius 2 is 1.81 bits per heavy atom. The van der Waals surface area contributed by atoms with Crippen molar-refractivity contribution >= 4 is 28.8 Å². The molecule has 0 spiro atoms. The maximum absolute atomic E-state index is 12.8. The Bertz CT molecular complexity index is 876. The van der Waals surface area contributed by atoms with Crippen LogP contribution < -0.4 is 10.6 Å². The Morgan fingerprint density at radius 1 is 1.00 bits per heavy atom. The molecule has 0 saturated carbocycles. The van der Waals surface area contributed by atoms with E-state index in [2.05, 4.69) is 10.6 Å². The van der Waals surface area contributed by atoms with E-state index in [9.17, 15) is 9.59 Å². The highest BCUT2D eigenvalue weighted by atomic mass is 32.1. The average Bonchev–Trinajstić information content (AvgIpc) is 3.17. The van der Waals surface area contributed by atoms with Crippen LogP contribution in [0.25, 0.3) is 0 Å². The van der Waals surface area contributed by atoms with Gasteiger partial charge in [0.1, 0.15) is 6.04 Å². The summed E-state index contributed by atoms with van der Waals surface area (Å²) in [5, 5.41) is 7.61. The van der Waals surface area contributed by atoms with Crippen molar-refractivity contribution in [2.75, 3.05) is 5.32 Å². The molecule has 0 aliphatic rings. The fourth-order valence-electron chi connectivity index (χ4n) is 2.65. The number of nitrogens with one attached hydrogen (secondary N) is 2. The summed E-state index contributed by atoms with van der Waals surface area (Å²) in [6.07, 6.45) is 0.426. The van der Waals surface area contributed by atoms with Gasteiger partial charge >= 0.3 is 0 Å². The number of anilines is 1. The molecule has 5 heteroatoms. The lowest BCUT2D eigenvalue weighted by atomic mass is 10.0. The first-order chi connectivity index (χ1) is 12.6. The summed E-state index contributed by atoms with van der Waals surface area (Å²) in [7, 11) is 0. The van der Waals surface area contributed by atoms with E-state index in [-0.39, 0.29) is 11.8 Å². The largest absolute Gasteiger partial charge is 0.339 e. The molecule has 0 bridgehead atoms. The number of carbonyl (C=O) groups is 2. The van der Waals surface area contributed by atoms with Crippen molar-refractivity contribution in [1.29, 1.82) is 0 Å². The fraction of sp³-hybridized carbons (Fsp3) is 0.143. The van der Waals surface area contributed by atoms with E-state index in [4.69, 9.17) is 0 Å². The van der Waals surface area contributed by atoms with Crippen molar-refractivity contribution in [2.24, 2.45) is 0 Å². The highest BCUT2D eigenvalue weighted by Crippen LogP contribution is 2.13. The van der Waals surface area contributed by atoms with Gasteiger partial charge in [-0.3, -0.25) is 9.59 Å². The topological polar surface area (TPSA) is 58.2 Å². The second-order valence-electron chi connectivity index (χ2n) is 6.05. The summed E-state index contributed by atoms with van der Waals surface area (Å²) >= 11 is 1.35. The normalized spacial score (nSPS) is 11.6. The second kappa shape index (κ2) is 8.45. The summed E-state index contributed by atoms with van der Waals surface area (Å²) in [4.78, 5) is 25.8. The van der Waals surface area contributed by atoms with Crippen LogP contribution in [0.2, 0.25) is 0 Å². The van der Waals surface area contributed by atoms with Crippen LogP contribution in [0.4, 0.5) is 5.69 Å². The van der Waals surface area contributed by atoms with E-state index >= 15 is 0 Å². The molecule has 4 nitrogen and oxygen atoms in total. The molecule has 0 aliphatic carbocycles. The number of rotatable bonds is 6. The number of hydrogen-bond donors (Lipinski definition) is 2. The molecular weight excluding hydrogens is 344 g/mol. The highest BCUT2D eigenvalue weighted by Gasteiger charge is 2.22. The molecule has 0 radical (unpaired) electrons. The molecule has 1 atom stereocenters. The van der Waals surface area contributed by atoms with Crippen molar-refractivity contribution in [1.82, 2.24) is 5.32 Å². The monoisotopic (exact) mass is 364 g/mol. The third-order valence-electron chi connectivity index (χ3n) is 3.94. The van der Waals surface area contributed by atoms with Gasteiger partial charge in [0.05, 0.1) is 4.88 Å². The van der Waals surface area contributed by atoms with E-state index < -0.39 is 6.04 Å². The van der Waals surface area contributed by atoms with E-state index in [1.807, 2.05) is 73.0 Å². The van der Waals surface area contributed by atoms with Crippen LogP contribution >= 0.6 is 11.3 Å². The van der Waals surface area contributed by atoms with Gasteiger partial charge in [-0.2, -0.15) is 0 Å². The molecule has 132 valence electrons. The Hall–Kier alpha value is -2.92. The summed E-state index contributed by atoms with van der Waals surface area (Å²) < 4.78 is 0. The first-order valence-electron chi connectivity index (χ1n) is 8.37. The van der Waals surface area contributed by atoms with Crippen molar-refractivity contribution < 1.29 is 9.59 Å².